The molecule has 28 heavy (non-hydrogen) atoms. The van der Waals surface area contributed by atoms with Crippen molar-refractivity contribution in [3.8, 4) is 0 Å². The van der Waals surface area contributed by atoms with E-state index in [1.165, 1.54) is 11.8 Å². The first kappa shape index (κ1) is 18.3. The van der Waals surface area contributed by atoms with Gasteiger partial charge in [-0.15, -0.1) is 11.8 Å². The lowest BCUT2D eigenvalue weighted by atomic mass is 9.91. The van der Waals surface area contributed by atoms with Crippen molar-refractivity contribution >= 4 is 46.8 Å². The molecule has 1 spiro atoms. The van der Waals surface area contributed by atoms with Crippen molar-refractivity contribution in [2.45, 2.75) is 34.5 Å². The second-order valence-corrected chi connectivity index (χ2v) is 9.76. The van der Waals surface area contributed by atoms with Gasteiger partial charge in [-0.1, -0.05) is 47.5 Å². The largest absolute Gasteiger partial charge is 0.449 e. The summed E-state index contributed by atoms with van der Waals surface area (Å²) in [6, 6.07) is 12.8. The highest BCUT2D eigenvalue weighted by Gasteiger charge is 2.57. The van der Waals surface area contributed by atoms with E-state index in [0.717, 1.165) is 23.3 Å². The minimum atomic E-state index is -0.716. The summed E-state index contributed by atoms with van der Waals surface area (Å²) in [5, 5.41) is 1.13. The van der Waals surface area contributed by atoms with E-state index in [1.54, 1.807) is 24.3 Å². The molecular weight excluding hydrogens is 417 g/mol. The zero-order chi connectivity index (χ0) is 19.5. The third kappa shape index (κ3) is 2.75. The van der Waals surface area contributed by atoms with E-state index in [1.807, 2.05) is 23.1 Å². The zero-order valence-electron chi connectivity index (χ0n) is 14.9. The number of carbonyl (C=O) groups is 2. The van der Waals surface area contributed by atoms with Gasteiger partial charge in [0.2, 0.25) is 5.91 Å². The summed E-state index contributed by atoms with van der Waals surface area (Å²) in [7, 11) is 0. The quantitative estimate of drug-likeness (QED) is 0.644. The fraction of sp³-hybridized carbons (Fsp3) is 0.333. The van der Waals surface area contributed by atoms with Crippen molar-refractivity contribution < 1.29 is 14.3 Å². The first-order chi connectivity index (χ1) is 13.4. The average Bonchev–Trinajstić information content (AvgIpc) is 3.27. The first-order valence-electron chi connectivity index (χ1n) is 9.19. The number of esters is 1. The Labute approximate surface area is 177 Å². The number of halogens is 2. The summed E-state index contributed by atoms with van der Waals surface area (Å²) in [5.74, 6) is -0.228. The number of likely N-dealkylation sites (tertiary alicyclic amines) is 1. The zero-order valence-corrected chi connectivity index (χ0v) is 17.2. The Balaban J connectivity index is 1.39. The van der Waals surface area contributed by atoms with E-state index in [0.29, 0.717) is 35.1 Å². The van der Waals surface area contributed by atoms with Crippen LogP contribution in [0.4, 0.5) is 0 Å². The Morgan fingerprint density at radius 3 is 2.46 bits per heavy atom. The van der Waals surface area contributed by atoms with Crippen molar-refractivity contribution in [3.63, 3.8) is 0 Å². The number of fused-ring (bicyclic) bond motifs is 2. The van der Waals surface area contributed by atoms with Crippen LogP contribution in [0.3, 0.4) is 0 Å². The number of hydrogen-bond donors (Lipinski definition) is 0. The molecule has 2 aliphatic heterocycles. The Kier molecular flexibility index (Phi) is 4.20. The van der Waals surface area contributed by atoms with Crippen LogP contribution in [0.1, 0.15) is 35.2 Å². The minimum Gasteiger partial charge on any atom is -0.449 e. The molecule has 1 saturated carbocycles. The van der Waals surface area contributed by atoms with E-state index in [2.05, 4.69) is 0 Å². The lowest BCUT2D eigenvalue weighted by Crippen LogP contribution is -2.40. The van der Waals surface area contributed by atoms with Crippen molar-refractivity contribution in [2.24, 2.45) is 0 Å². The predicted octanol–water partition coefficient (Wildman–Crippen LogP) is 4.92. The summed E-state index contributed by atoms with van der Waals surface area (Å²) in [6.07, 6.45) is 2.20. The molecule has 5 rings (SSSR count). The molecule has 0 radical (unpaired) electrons. The van der Waals surface area contributed by atoms with Gasteiger partial charge in [0.1, 0.15) is 0 Å². The molecule has 1 aliphatic carbocycles. The van der Waals surface area contributed by atoms with Gasteiger partial charge in [-0.05, 0) is 31.0 Å². The topological polar surface area (TPSA) is 46.6 Å². The van der Waals surface area contributed by atoms with E-state index < -0.39 is 10.3 Å². The number of benzene rings is 2. The smallest absolute Gasteiger partial charge is 0.339 e. The number of carbonyl (C=O) groups excluding carboxylic acids is 2. The maximum atomic E-state index is 13.4. The third-order valence-corrected chi connectivity index (χ3v) is 8.23. The van der Waals surface area contributed by atoms with Gasteiger partial charge in [0.15, 0.2) is 5.60 Å². The first-order valence-corrected chi connectivity index (χ1v) is 10.8. The molecule has 0 N–H and O–H groups in total. The van der Waals surface area contributed by atoms with Crippen molar-refractivity contribution in [2.75, 3.05) is 13.1 Å². The van der Waals surface area contributed by atoms with Crippen LogP contribution in [0.15, 0.2) is 47.4 Å². The number of thioether (sulfide) groups is 1. The lowest BCUT2D eigenvalue weighted by molar-refractivity contribution is -0.131. The SMILES string of the molecule is O=C1OC2(CCN(C(=O)C3(Sc4c(Cl)cccc4Cl)CC3)C2)c2ccccc21. The summed E-state index contributed by atoms with van der Waals surface area (Å²) >= 11 is 14.1. The molecule has 0 bridgehead atoms. The lowest BCUT2D eigenvalue weighted by Gasteiger charge is -2.26. The fourth-order valence-corrected chi connectivity index (χ4v) is 6.01. The molecule has 7 heteroatoms. The number of ether oxygens (including phenoxy) is 1. The van der Waals surface area contributed by atoms with Gasteiger partial charge in [-0.2, -0.15) is 0 Å². The van der Waals surface area contributed by atoms with Crippen LogP contribution in [0.25, 0.3) is 0 Å². The van der Waals surface area contributed by atoms with Gasteiger partial charge in [0.25, 0.3) is 0 Å². The van der Waals surface area contributed by atoms with Crippen molar-refractivity contribution in [3.05, 3.63) is 63.6 Å². The van der Waals surface area contributed by atoms with Crippen LogP contribution >= 0.6 is 35.0 Å². The normalized spacial score (nSPS) is 24.4. The van der Waals surface area contributed by atoms with Gasteiger partial charge in [0, 0.05) is 23.4 Å². The standard InChI is InChI=1S/C21H17Cl2NO3S/c22-15-6-3-7-16(23)17(15)28-21(8-9-21)19(26)24-11-10-20(12-24)14-5-2-1-4-13(14)18(25)27-20/h1-7H,8-12H2. The number of amides is 1. The highest BCUT2D eigenvalue weighted by Crippen LogP contribution is 2.56. The average molecular weight is 434 g/mol. The van der Waals surface area contributed by atoms with Crippen LogP contribution < -0.4 is 0 Å². The summed E-state index contributed by atoms with van der Waals surface area (Å²) in [5.41, 5.74) is 0.781. The molecule has 1 unspecified atom stereocenters. The number of rotatable bonds is 3. The van der Waals surface area contributed by atoms with E-state index in [9.17, 15) is 9.59 Å². The van der Waals surface area contributed by atoms with E-state index in [-0.39, 0.29) is 11.9 Å². The Hall–Kier alpha value is -1.69. The van der Waals surface area contributed by atoms with Crippen LogP contribution in [0.5, 0.6) is 0 Å². The van der Waals surface area contributed by atoms with Crippen molar-refractivity contribution in [1.29, 1.82) is 0 Å². The fourth-order valence-electron chi connectivity index (χ4n) is 4.14. The second-order valence-electron chi connectivity index (χ2n) is 7.55. The second kappa shape index (κ2) is 6.41. The van der Waals surface area contributed by atoms with Gasteiger partial charge in [-0.25, -0.2) is 4.79 Å². The molecule has 1 saturated heterocycles. The van der Waals surface area contributed by atoms with Gasteiger partial charge in [0.05, 0.1) is 26.9 Å². The molecule has 1 amide bonds. The van der Waals surface area contributed by atoms with Gasteiger partial charge >= 0.3 is 5.97 Å². The third-order valence-electron chi connectivity index (χ3n) is 5.76. The van der Waals surface area contributed by atoms with E-state index in [4.69, 9.17) is 27.9 Å². The summed E-state index contributed by atoms with van der Waals surface area (Å²) in [6.45, 7) is 0.964. The Morgan fingerprint density at radius 2 is 1.75 bits per heavy atom. The van der Waals surface area contributed by atoms with Crippen LogP contribution in [0, 0.1) is 0 Å². The molecule has 1 atom stereocenters. The summed E-state index contributed by atoms with van der Waals surface area (Å²) < 4.78 is 5.24. The molecular formula is C21H17Cl2NO3S. The van der Waals surface area contributed by atoms with Crippen LogP contribution in [-0.4, -0.2) is 34.6 Å². The monoisotopic (exact) mass is 433 g/mol. The minimum absolute atomic E-state index is 0.0748. The van der Waals surface area contributed by atoms with Crippen molar-refractivity contribution in [1.82, 2.24) is 4.90 Å². The predicted molar refractivity (Wildman–Crippen MR) is 109 cm³/mol. The maximum Gasteiger partial charge on any atom is 0.339 e. The number of hydrogen-bond acceptors (Lipinski definition) is 4. The van der Waals surface area contributed by atoms with Crippen LogP contribution in [-0.2, 0) is 15.1 Å². The highest BCUT2D eigenvalue weighted by atomic mass is 35.5. The molecule has 2 fully saturated rings. The van der Waals surface area contributed by atoms with Gasteiger partial charge in [-0.3, -0.25) is 4.79 Å². The Bertz CT molecular complexity index is 987. The van der Waals surface area contributed by atoms with Crippen LogP contribution in [0.2, 0.25) is 10.0 Å². The Morgan fingerprint density at radius 1 is 1.04 bits per heavy atom. The number of nitrogens with zero attached hydrogens (tertiary/aromatic N) is 1. The molecule has 4 nitrogen and oxygen atoms in total. The molecule has 3 aliphatic rings. The molecule has 0 aromatic heterocycles. The maximum absolute atomic E-state index is 13.4. The molecule has 2 heterocycles. The molecule has 2 aromatic carbocycles. The van der Waals surface area contributed by atoms with Gasteiger partial charge < -0.3 is 9.64 Å². The molecule has 144 valence electrons. The highest BCUT2D eigenvalue weighted by molar-refractivity contribution is 8.02. The van der Waals surface area contributed by atoms with E-state index >= 15 is 0 Å². The molecule has 2 aromatic rings. The summed E-state index contributed by atoms with van der Waals surface area (Å²) in [4.78, 5) is 28.2.